The van der Waals surface area contributed by atoms with Crippen molar-refractivity contribution in [2.75, 3.05) is 32.5 Å². The van der Waals surface area contributed by atoms with Gasteiger partial charge in [0.1, 0.15) is 12.4 Å². The maximum atomic E-state index is 11.2. The van der Waals surface area contributed by atoms with Gasteiger partial charge in [-0.3, -0.25) is 9.69 Å². The van der Waals surface area contributed by atoms with Crippen molar-refractivity contribution >= 4 is 17.7 Å². The molecule has 1 heterocycles. The van der Waals surface area contributed by atoms with Gasteiger partial charge in [0.05, 0.1) is 5.41 Å². The smallest absolute Gasteiger partial charge is 0.310 e. The van der Waals surface area contributed by atoms with Crippen LogP contribution in [0.1, 0.15) is 13.3 Å². The predicted octanol–water partition coefficient (Wildman–Crippen LogP) is 2.58. The first-order valence-electron chi connectivity index (χ1n) is 6.76. The van der Waals surface area contributed by atoms with Crippen molar-refractivity contribution in [3.63, 3.8) is 0 Å². The van der Waals surface area contributed by atoms with E-state index in [1.54, 1.807) is 11.8 Å². The van der Waals surface area contributed by atoms with Crippen LogP contribution in [0.3, 0.4) is 0 Å². The van der Waals surface area contributed by atoms with Gasteiger partial charge in [-0.05, 0) is 50.4 Å². The van der Waals surface area contributed by atoms with Gasteiger partial charge in [0.15, 0.2) is 0 Å². The summed E-state index contributed by atoms with van der Waals surface area (Å²) in [6.45, 7) is 4.62. The van der Waals surface area contributed by atoms with Crippen molar-refractivity contribution in [2.45, 2.75) is 18.2 Å². The quantitative estimate of drug-likeness (QED) is 0.818. The van der Waals surface area contributed by atoms with Crippen molar-refractivity contribution in [1.29, 1.82) is 0 Å². The van der Waals surface area contributed by atoms with Gasteiger partial charge < -0.3 is 9.84 Å². The molecule has 1 aliphatic rings. The van der Waals surface area contributed by atoms with Crippen LogP contribution in [-0.4, -0.2) is 48.5 Å². The lowest BCUT2D eigenvalue weighted by molar-refractivity contribution is -0.147. The normalized spacial score (nSPS) is 22.9. The van der Waals surface area contributed by atoms with Crippen LogP contribution in [0.4, 0.5) is 0 Å². The average molecular weight is 295 g/mol. The fourth-order valence-corrected chi connectivity index (χ4v) is 2.79. The lowest BCUT2D eigenvalue weighted by Crippen LogP contribution is -2.33. The van der Waals surface area contributed by atoms with E-state index in [2.05, 4.69) is 4.90 Å². The van der Waals surface area contributed by atoms with Crippen molar-refractivity contribution in [3.05, 3.63) is 24.3 Å². The van der Waals surface area contributed by atoms with E-state index in [4.69, 9.17) is 4.74 Å². The molecule has 1 N–H and O–H groups in total. The number of carboxylic acid groups (broad SMARTS) is 1. The molecule has 5 heteroatoms. The number of hydrogen-bond donors (Lipinski definition) is 1. The number of carboxylic acids is 1. The molecule has 1 unspecified atom stereocenters. The highest BCUT2D eigenvalue weighted by molar-refractivity contribution is 7.98. The molecule has 1 fully saturated rings. The highest BCUT2D eigenvalue weighted by atomic mass is 32.2. The van der Waals surface area contributed by atoms with E-state index in [1.165, 1.54) is 4.90 Å². The zero-order valence-corrected chi connectivity index (χ0v) is 12.8. The highest BCUT2D eigenvalue weighted by Gasteiger charge is 2.40. The fraction of sp³-hybridized carbons (Fsp3) is 0.533. The molecule has 0 amide bonds. The Morgan fingerprint density at radius 3 is 2.70 bits per heavy atom. The molecule has 2 rings (SSSR count). The minimum atomic E-state index is -0.700. The molecule has 1 atom stereocenters. The predicted molar refractivity (Wildman–Crippen MR) is 80.5 cm³/mol. The van der Waals surface area contributed by atoms with Gasteiger partial charge in [-0.2, -0.15) is 0 Å². The molecule has 4 nitrogen and oxygen atoms in total. The topological polar surface area (TPSA) is 49.8 Å². The lowest BCUT2D eigenvalue weighted by Gasteiger charge is -2.20. The van der Waals surface area contributed by atoms with Gasteiger partial charge in [0.25, 0.3) is 0 Å². The third kappa shape index (κ3) is 3.67. The van der Waals surface area contributed by atoms with E-state index >= 15 is 0 Å². The number of aliphatic carboxylic acids is 1. The largest absolute Gasteiger partial charge is 0.492 e. The minimum absolute atomic E-state index is 0.592. The molecule has 1 aromatic carbocycles. The summed E-state index contributed by atoms with van der Waals surface area (Å²) in [6, 6.07) is 8.02. The van der Waals surface area contributed by atoms with Crippen LogP contribution in [0.15, 0.2) is 29.2 Å². The molecule has 0 aromatic heterocycles. The monoisotopic (exact) mass is 295 g/mol. The summed E-state index contributed by atoms with van der Waals surface area (Å²) in [7, 11) is 0. The Hall–Kier alpha value is -1.20. The summed E-state index contributed by atoms with van der Waals surface area (Å²) < 4.78 is 5.70. The minimum Gasteiger partial charge on any atom is -0.492 e. The third-order valence-electron chi connectivity index (χ3n) is 3.80. The molecule has 0 bridgehead atoms. The maximum absolute atomic E-state index is 11.2. The average Bonchev–Trinajstić information content (AvgIpc) is 2.83. The molecule has 1 aromatic rings. The maximum Gasteiger partial charge on any atom is 0.310 e. The zero-order valence-electron chi connectivity index (χ0n) is 12.0. The number of hydrogen-bond acceptors (Lipinski definition) is 4. The van der Waals surface area contributed by atoms with Gasteiger partial charge in [-0.1, -0.05) is 0 Å². The zero-order chi connectivity index (χ0) is 14.6. The second-order valence-electron chi connectivity index (χ2n) is 5.42. The van der Waals surface area contributed by atoms with Gasteiger partial charge in [-0.25, -0.2) is 0 Å². The first kappa shape index (κ1) is 15.2. The molecule has 1 aliphatic heterocycles. The van der Waals surface area contributed by atoms with E-state index in [1.807, 2.05) is 37.4 Å². The van der Waals surface area contributed by atoms with Gasteiger partial charge in [0.2, 0.25) is 0 Å². The van der Waals surface area contributed by atoms with Crippen LogP contribution >= 0.6 is 11.8 Å². The fourth-order valence-electron chi connectivity index (χ4n) is 2.39. The second kappa shape index (κ2) is 6.50. The number of benzene rings is 1. The van der Waals surface area contributed by atoms with Crippen molar-refractivity contribution in [2.24, 2.45) is 5.41 Å². The first-order valence-corrected chi connectivity index (χ1v) is 7.98. The first-order chi connectivity index (χ1) is 9.53. The summed E-state index contributed by atoms with van der Waals surface area (Å²) in [5.41, 5.74) is -0.597. The van der Waals surface area contributed by atoms with Crippen molar-refractivity contribution < 1.29 is 14.6 Å². The van der Waals surface area contributed by atoms with Crippen molar-refractivity contribution in [1.82, 2.24) is 4.90 Å². The summed E-state index contributed by atoms with van der Waals surface area (Å²) in [6.07, 6.45) is 2.76. The number of nitrogens with zero attached hydrogens (tertiary/aromatic N) is 1. The molecule has 0 saturated carbocycles. The molecule has 110 valence electrons. The highest BCUT2D eigenvalue weighted by Crippen LogP contribution is 2.29. The van der Waals surface area contributed by atoms with Crippen LogP contribution in [0.5, 0.6) is 5.75 Å². The van der Waals surface area contributed by atoms with E-state index in [0.29, 0.717) is 19.6 Å². The van der Waals surface area contributed by atoms with Gasteiger partial charge in [0, 0.05) is 18.0 Å². The Labute approximate surface area is 124 Å². The van der Waals surface area contributed by atoms with E-state index in [0.717, 1.165) is 18.8 Å². The molecular formula is C15H21NO3S. The molecule has 20 heavy (non-hydrogen) atoms. The van der Waals surface area contributed by atoms with E-state index in [9.17, 15) is 9.90 Å². The summed E-state index contributed by atoms with van der Waals surface area (Å²) in [4.78, 5) is 14.5. The molecule has 0 radical (unpaired) electrons. The van der Waals surface area contributed by atoms with Gasteiger partial charge >= 0.3 is 5.97 Å². The standard InChI is InChI=1S/C15H21NO3S/c1-15(14(17)18)7-8-16(11-15)9-10-19-12-3-5-13(20-2)6-4-12/h3-6H,7-11H2,1-2H3,(H,17,18). The Morgan fingerprint density at radius 2 is 2.15 bits per heavy atom. The number of carbonyl (C=O) groups is 1. The summed E-state index contributed by atoms with van der Waals surface area (Å²) >= 11 is 1.70. The summed E-state index contributed by atoms with van der Waals surface area (Å²) in [5, 5.41) is 9.18. The van der Waals surface area contributed by atoms with Crippen LogP contribution in [0, 0.1) is 5.41 Å². The number of likely N-dealkylation sites (tertiary alicyclic amines) is 1. The Bertz CT molecular complexity index is 463. The van der Waals surface area contributed by atoms with E-state index < -0.39 is 11.4 Å². The van der Waals surface area contributed by atoms with Crippen LogP contribution in [0.25, 0.3) is 0 Å². The Balaban J connectivity index is 1.75. The third-order valence-corrected chi connectivity index (χ3v) is 4.55. The molecule has 0 aliphatic carbocycles. The van der Waals surface area contributed by atoms with Crippen molar-refractivity contribution in [3.8, 4) is 5.75 Å². The SMILES string of the molecule is CSc1ccc(OCCN2CCC(C)(C(=O)O)C2)cc1. The molecule has 0 spiro atoms. The lowest BCUT2D eigenvalue weighted by atomic mass is 9.90. The number of rotatable bonds is 6. The number of thioether (sulfide) groups is 1. The molecular weight excluding hydrogens is 274 g/mol. The van der Waals surface area contributed by atoms with Crippen LogP contribution < -0.4 is 4.74 Å². The summed E-state index contributed by atoms with van der Waals surface area (Å²) in [5.74, 6) is 0.163. The number of ether oxygens (including phenoxy) is 1. The Morgan fingerprint density at radius 1 is 1.45 bits per heavy atom. The van der Waals surface area contributed by atoms with Crippen LogP contribution in [-0.2, 0) is 4.79 Å². The van der Waals surface area contributed by atoms with Crippen LogP contribution in [0.2, 0.25) is 0 Å². The molecule has 1 saturated heterocycles. The van der Waals surface area contributed by atoms with E-state index in [-0.39, 0.29) is 0 Å². The van der Waals surface area contributed by atoms with Gasteiger partial charge in [-0.15, -0.1) is 11.8 Å². The second-order valence-corrected chi connectivity index (χ2v) is 6.30. The Kier molecular flexibility index (Phi) is 4.94.